The van der Waals surface area contributed by atoms with Crippen molar-refractivity contribution in [3.63, 3.8) is 0 Å². The molecule has 0 aromatic heterocycles. The van der Waals surface area contributed by atoms with E-state index in [1.807, 2.05) is 24.3 Å². The number of hydrogen-bond donors (Lipinski definition) is 2. The number of rotatable bonds is 18. The fraction of sp³-hybridized carbons (Fsp3) is 0.471. The molecule has 0 atom stereocenters. The third-order valence-electron chi connectivity index (χ3n) is 6.95. The molecule has 0 heterocycles. The smallest absolute Gasteiger partial charge is 0.128 e. The van der Waals surface area contributed by atoms with Crippen LogP contribution in [0.5, 0.6) is 23.0 Å². The number of unbranched alkanes of at least 4 members (excludes halogenated alkanes) is 10. The van der Waals surface area contributed by atoms with Gasteiger partial charge in [0.1, 0.15) is 23.0 Å². The Bertz CT molecular complexity index is 970. The van der Waals surface area contributed by atoms with Crippen LogP contribution in [0.1, 0.15) is 90.9 Å². The van der Waals surface area contributed by atoms with Gasteiger partial charge in [-0.2, -0.15) is 0 Å². The predicted molar refractivity (Wildman–Crippen MR) is 158 cm³/mol. The van der Waals surface area contributed by atoms with E-state index < -0.39 is 0 Å². The molecule has 0 amide bonds. The summed E-state index contributed by atoms with van der Waals surface area (Å²) in [6.45, 7) is 5.79. The summed E-state index contributed by atoms with van der Waals surface area (Å²) in [4.78, 5) is 0. The molecule has 4 nitrogen and oxygen atoms in total. The maximum absolute atomic E-state index is 9.85. The van der Waals surface area contributed by atoms with Crippen molar-refractivity contribution >= 4 is 0 Å². The summed E-state index contributed by atoms with van der Waals surface area (Å²) < 4.78 is 12.8. The number of phenols is 2. The highest BCUT2D eigenvalue weighted by Gasteiger charge is 2.16. The van der Waals surface area contributed by atoms with Gasteiger partial charge in [-0.15, -0.1) is 0 Å². The molecule has 0 aliphatic carbocycles. The summed E-state index contributed by atoms with van der Waals surface area (Å²) in [6, 6.07) is 18.6. The molecule has 0 bridgehead atoms. The maximum atomic E-state index is 9.85. The van der Waals surface area contributed by atoms with Crippen molar-refractivity contribution in [2.45, 2.75) is 90.9 Å². The van der Waals surface area contributed by atoms with Gasteiger partial charge in [-0.25, -0.2) is 0 Å². The van der Waals surface area contributed by atoms with Crippen molar-refractivity contribution in [1.82, 2.24) is 0 Å². The second kappa shape index (κ2) is 16.7. The Morgan fingerprint density at radius 2 is 0.816 bits per heavy atom. The van der Waals surface area contributed by atoms with Crippen molar-refractivity contribution in [3.05, 3.63) is 60.7 Å². The van der Waals surface area contributed by atoms with Crippen LogP contribution in [-0.4, -0.2) is 23.4 Å². The number of ether oxygens (including phenoxy) is 2. The fourth-order valence-corrected chi connectivity index (χ4v) is 4.66. The molecule has 0 aliphatic rings. The average molecular weight is 519 g/mol. The Labute approximate surface area is 229 Å². The van der Waals surface area contributed by atoms with E-state index in [-0.39, 0.29) is 11.5 Å². The molecule has 206 valence electrons. The van der Waals surface area contributed by atoms with Crippen molar-refractivity contribution in [1.29, 1.82) is 0 Å². The zero-order valence-corrected chi connectivity index (χ0v) is 23.4. The number of aromatic hydroxyl groups is 2. The molecule has 0 aliphatic heterocycles. The molecular weight excluding hydrogens is 472 g/mol. The van der Waals surface area contributed by atoms with E-state index in [1.54, 1.807) is 24.3 Å². The van der Waals surface area contributed by atoms with Gasteiger partial charge in [-0.3, -0.25) is 0 Å². The Hall–Kier alpha value is -3.14. The molecule has 0 fully saturated rings. The molecule has 3 aromatic rings. The van der Waals surface area contributed by atoms with Gasteiger partial charge in [0.25, 0.3) is 0 Å². The molecule has 0 unspecified atom stereocenters. The topological polar surface area (TPSA) is 58.9 Å². The van der Waals surface area contributed by atoms with Crippen LogP contribution < -0.4 is 9.47 Å². The zero-order chi connectivity index (χ0) is 27.0. The second-order valence-electron chi connectivity index (χ2n) is 10.2. The van der Waals surface area contributed by atoms with Gasteiger partial charge in [-0.05, 0) is 60.4 Å². The zero-order valence-electron chi connectivity index (χ0n) is 23.4. The number of phenolic OH excluding ortho intramolecular Hbond substituents is 2. The van der Waals surface area contributed by atoms with Crippen LogP contribution in [0.15, 0.2) is 60.7 Å². The van der Waals surface area contributed by atoms with E-state index in [9.17, 15) is 10.2 Å². The molecule has 0 spiro atoms. The van der Waals surface area contributed by atoms with Crippen LogP contribution in [0.25, 0.3) is 22.3 Å². The van der Waals surface area contributed by atoms with Crippen LogP contribution in [0, 0.1) is 0 Å². The standard InChI is InChI=1S/C34H46O4/c1-3-5-7-9-11-13-23-37-33-25-32(28-17-21-30(36)22-18-28)34(38-24-14-12-10-8-6-4-2)26-31(33)27-15-19-29(35)20-16-27/h15-22,25-26,35-36H,3-14,23-24H2,1-2H3. The molecule has 2 N–H and O–H groups in total. The van der Waals surface area contributed by atoms with E-state index >= 15 is 0 Å². The summed E-state index contributed by atoms with van der Waals surface area (Å²) in [6.07, 6.45) is 14.5. The Morgan fingerprint density at radius 3 is 1.18 bits per heavy atom. The van der Waals surface area contributed by atoms with Gasteiger partial charge < -0.3 is 19.7 Å². The SMILES string of the molecule is CCCCCCCCOc1cc(-c2ccc(O)cc2)c(OCCCCCCCC)cc1-c1ccc(O)cc1. The van der Waals surface area contributed by atoms with E-state index in [0.29, 0.717) is 13.2 Å². The predicted octanol–water partition coefficient (Wildman–Crippen LogP) is 9.91. The van der Waals surface area contributed by atoms with Crippen LogP contribution in [-0.2, 0) is 0 Å². The Kier molecular flexibility index (Phi) is 12.9. The maximum Gasteiger partial charge on any atom is 0.128 e. The fourth-order valence-electron chi connectivity index (χ4n) is 4.66. The molecule has 0 saturated heterocycles. The minimum absolute atomic E-state index is 0.239. The quantitative estimate of drug-likeness (QED) is 0.164. The summed E-state index contributed by atoms with van der Waals surface area (Å²) in [7, 11) is 0. The van der Waals surface area contributed by atoms with E-state index in [0.717, 1.165) is 46.6 Å². The highest BCUT2D eigenvalue weighted by atomic mass is 16.5. The lowest BCUT2D eigenvalue weighted by Gasteiger charge is -2.19. The van der Waals surface area contributed by atoms with Gasteiger partial charge >= 0.3 is 0 Å². The third kappa shape index (κ3) is 9.63. The molecule has 38 heavy (non-hydrogen) atoms. The Balaban J connectivity index is 1.84. The highest BCUT2D eigenvalue weighted by molar-refractivity contribution is 5.81. The summed E-state index contributed by atoms with van der Waals surface area (Å²) in [5.74, 6) is 2.09. The van der Waals surface area contributed by atoms with Gasteiger partial charge in [0, 0.05) is 11.1 Å². The van der Waals surface area contributed by atoms with Crippen molar-refractivity contribution in [3.8, 4) is 45.3 Å². The average Bonchev–Trinajstić information content (AvgIpc) is 2.93. The van der Waals surface area contributed by atoms with Crippen molar-refractivity contribution in [2.75, 3.05) is 13.2 Å². The van der Waals surface area contributed by atoms with Crippen LogP contribution in [0.2, 0.25) is 0 Å². The van der Waals surface area contributed by atoms with Crippen LogP contribution in [0.3, 0.4) is 0 Å². The van der Waals surface area contributed by atoms with E-state index in [2.05, 4.69) is 26.0 Å². The number of benzene rings is 3. The first-order chi connectivity index (χ1) is 18.6. The summed E-state index contributed by atoms with van der Waals surface area (Å²) in [5, 5.41) is 19.7. The lowest BCUT2D eigenvalue weighted by Crippen LogP contribution is -2.03. The minimum Gasteiger partial charge on any atom is -0.508 e. The van der Waals surface area contributed by atoms with E-state index in [1.165, 1.54) is 64.2 Å². The van der Waals surface area contributed by atoms with Gasteiger partial charge in [0.2, 0.25) is 0 Å². The molecule has 3 rings (SSSR count). The molecular formula is C34H46O4. The first-order valence-corrected chi connectivity index (χ1v) is 14.6. The third-order valence-corrected chi connectivity index (χ3v) is 6.95. The largest absolute Gasteiger partial charge is 0.508 e. The molecule has 4 heteroatoms. The molecule has 0 saturated carbocycles. The van der Waals surface area contributed by atoms with Gasteiger partial charge in [0.15, 0.2) is 0 Å². The molecule has 0 radical (unpaired) electrons. The molecule has 3 aromatic carbocycles. The van der Waals surface area contributed by atoms with Crippen LogP contribution >= 0.6 is 0 Å². The van der Waals surface area contributed by atoms with Gasteiger partial charge in [-0.1, -0.05) is 102 Å². The highest BCUT2D eigenvalue weighted by Crippen LogP contribution is 2.42. The lowest BCUT2D eigenvalue weighted by atomic mass is 9.97. The summed E-state index contributed by atoms with van der Waals surface area (Å²) >= 11 is 0. The van der Waals surface area contributed by atoms with Gasteiger partial charge in [0.05, 0.1) is 13.2 Å². The minimum atomic E-state index is 0.239. The monoisotopic (exact) mass is 518 g/mol. The number of hydrogen-bond acceptors (Lipinski definition) is 4. The lowest BCUT2D eigenvalue weighted by molar-refractivity contribution is 0.298. The second-order valence-corrected chi connectivity index (χ2v) is 10.2. The first-order valence-electron chi connectivity index (χ1n) is 14.6. The van der Waals surface area contributed by atoms with Crippen molar-refractivity contribution in [2.24, 2.45) is 0 Å². The van der Waals surface area contributed by atoms with Crippen LogP contribution in [0.4, 0.5) is 0 Å². The summed E-state index contributed by atoms with van der Waals surface area (Å²) in [5.41, 5.74) is 3.86. The normalized spacial score (nSPS) is 11.0. The van der Waals surface area contributed by atoms with E-state index in [4.69, 9.17) is 9.47 Å². The van der Waals surface area contributed by atoms with Crippen molar-refractivity contribution < 1.29 is 19.7 Å². The first kappa shape index (κ1) is 29.4. The Morgan fingerprint density at radius 1 is 0.474 bits per heavy atom.